The number of unbranched alkanes of at least 4 members (excludes halogenated alkanes) is 19. The zero-order chi connectivity index (χ0) is 60.2. The van der Waals surface area contributed by atoms with Gasteiger partial charge in [0.25, 0.3) is 0 Å². The molecule has 0 radical (unpaired) electrons. The van der Waals surface area contributed by atoms with Gasteiger partial charge in [0.15, 0.2) is 12.6 Å². The predicted molar refractivity (Wildman–Crippen MR) is 336 cm³/mol. The minimum absolute atomic E-state index is 0.249. The molecule has 2 rings (SSSR count). The molecule has 0 aromatic rings. The van der Waals surface area contributed by atoms with E-state index in [1.165, 1.54) is 64.2 Å². The van der Waals surface area contributed by atoms with Crippen molar-refractivity contribution in [3.05, 3.63) is 122 Å². The normalized spacial score (nSPS) is 24.7. The number of carbonyl (C=O) groups excluding carboxylic acids is 1. The number of hydrogen-bond acceptors (Lipinski definition) is 13. The maximum absolute atomic E-state index is 13.3. The first-order valence-corrected chi connectivity index (χ1v) is 32.3. The second-order valence-electron chi connectivity index (χ2n) is 22.1. The van der Waals surface area contributed by atoms with Crippen LogP contribution in [0.5, 0.6) is 0 Å². The van der Waals surface area contributed by atoms with Crippen LogP contribution in [0.4, 0.5) is 0 Å². The van der Waals surface area contributed by atoms with Crippen molar-refractivity contribution in [3.63, 3.8) is 0 Å². The number of nitrogens with one attached hydrogen (secondary N) is 1. The minimum atomic E-state index is -1.80. The smallest absolute Gasteiger partial charge is 0.220 e. The van der Waals surface area contributed by atoms with Crippen LogP contribution < -0.4 is 5.32 Å². The lowest BCUT2D eigenvalue weighted by atomic mass is 9.97. The van der Waals surface area contributed by atoms with Gasteiger partial charge in [0.05, 0.1) is 32.0 Å². The van der Waals surface area contributed by atoms with E-state index in [2.05, 4.69) is 129 Å². The van der Waals surface area contributed by atoms with Crippen molar-refractivity contribution in [1.29, 1.82) is 0 Å². The minimum Gasteiger partial charge on any atom is -0.394 e. The van der Waals surface area contributed by atoms with Gasteiger partial charge in [0.2, 0.25) is 5.91 Å². The predicted octanol–water partition coefficient (Wildman–Crippen LogP) is 12.2. The fraction of sp³-hybridized carbons (Fsp3) is 0.696. The molecule has 2 saturated heterocycles. The second kappa shape index (κ2) is 52.7. The molecule has 14 nitrogen and oxygen atoms in total. The van der Waals surface area contributed by atoms with Crippen LogP contribution in [0.1, 0.15) is 213 Å². The Morgan fingerprint density at radius 3 is 1.33 bits per heavy atom. The number of rotatable bonds is 50. The lowest BCUT2D eigenvalue weighted by Gasteiger charge is -2.46. The zero-order valence-corrected chi connectivity index (χ0v) is 51.1. The van der Waals surface area contributed by atoms with E-state index in [1.807, 2.05) is 6.08 Å². The van der Waals surface area contributed by atoms with Crippen molar-refractivity contribution < 1.29 is 64.6 Å². The Labute approximate surface area is 501 Å². The van der Waals surface area contributed by atoms with E-state index < -0.39 is 86.8 Å². The van der Waals surface area contributed by atoms with E-state index in [0.717, 1.165) is 116 Å². The van der Waals surface area contributed by atoms with Crippen LogP contribution in [0, 0.1) is 0 Å². The maximum Gasteiger partial charge on any atom is 0.220 e. The van der Waals surface area contributed by atoms with Gasteiger partial charge in [-0.2, -0.15) is 0 Å². The van der Waals surface area contributed by atoms with Crippen LogP contribution in [-0.2, 0) is 23.7 Å². The van der Waals surface area contributed by atoms with Crippen molar-refractivity contribution in [1.82, 2.24) is 5.32 Å². The first-order chi connectivity index (χ1) is 40.6. The topological polar surface area (TPSA) is 228 Å². The van der Waals surface area contributed by atoms with Crippen molar-refractivity contribution in [3.8, 4) is 0 Å². The first-order valence-electron chi connectivity index (χ1n) is 32.3. The summed E-state index contributed by atoms with van der Waals surface area (Å²) in [4.78, 5) is 13.3. The summed E-state index contributed by atoms with van der Waals surface area (Å²) < 4.78 is 22.8. The Balaban J connectivity index is 1.76. The SMILES string of the molecule is CC/C=C\C/C=C\C/C=C\C/C=C\C/C=C\C/C=C\C/C=C\CCCCCCCCCC(=O)NC(COC1OC(CO)C(OC2OC(CO)C(O)C(O)C2O)C(O)C1O)C(O)/C=C/CC/C=C/CC/C=C/CCCCCCCCCCCC. The third-order valence-electron chi connectivity index (χ3n) is 14.9. The Bertz CT molecular complexity index is 1850. The highest BCUT2D eigenvalue weighted by Crippen LogP contribution is 2.30. The van der Waals surface area contributed by atoms with Crippen molar-refractivity contribution in [2.24, 2.45) is 0 Å². The van der Waals surface area contributed by atoms with E-state index in [0.29, 0.717) is 12.8 Å². The molecule has 474 valence electrons. The number of carbonyl (C=O) groups is 1. The molecular formula is C69H115NO13. The molecule has 0 aliphatic carbocycles. The molecule has 0 aromatic carbocycles. The summed E-state index contributed by atoms with van der Waals surface area (Å²) >= 11 is 0. The van der Waals surface area contributed by atoms with Crippen LogP contribution in [0.3, 0.4) is 0 Å². The lowest BCUT2D eigenvalue weighted by molar-refractivity contribution is -0.359. The molecule has 2 heterocycles. The van der Waals surface area contributed by atoms with E-state index >= 15 is 0 Å². The van der Waals surface area contributed by atoms with Crippen molar-refractivity contribution >= 4 is 5.91 Å². The van der Waals surface area contributed by atoms with Gasteiger partial charge in [-0.15, -0.1) is 0 Å². The summed E-state index contributed by atoms with van der Waals surface area (Å²) in [5.41, 5.74) is 0. The molecule has 83 heavy (non-hydrogen) atoms. The molecule has 0 bridgehead atoms. The summed E-state index contributed by atoms with van der Waals surface area (Å²) in [6.45, 7) is 2.64. The Hall–Kier alpha value is -3.61. The number of aliphatic hydroxyl groups excluding tert-OH is 8. The number of hydrogen-bond donors (Lipinski definition) is 9. The van der Waals surface area contributed by atoms with Gasteiger partial charge in [0, 0.05) is 6.42 Å². The van der Waals surface area contributed by atoms with Gasteiger partial charge in [-0.3, -0.25) is 4.79 Å². The monoisotopic (exact) mass is 1170 g/mol. The molecule has 2 aliphatic rings. The molecule has 0 aromatic heterocycles. The Morgan fingerprint density at radius 2 is 0.843 bits per heavy atom. The Morgan fingerprint density at radius 1 is 0.446 bits per heavy atom. The molecule has 0 saturated carbocycles. The Kier molecular flexibility index (Phi) is 47.9. The van der Waals surface area contributed by atoms with E-state index in [4.69, 9.17) is 18.9 Å². The molecule has 12 unspecified atom stereocenters. The average molecular weight is 1170 g/mol. The van der Waals surface area contributed by atoms with Gasteiger partial charge in [0.1, 0.15) is 48.8 Å². The summed E-state index contributed by atoms with van der Waals surface area (Å²) in [5.74, 6) is -0.270. The van der Waals surface area contributed by atoms with Gasteiger partial charge in [-0.25, -0.2) is 0 Å². The fourth-order valence-electron chi connectivity index (χ4n) is 9.71. The number of amides is 1. The summed E-state index contributed by atoms with van der Waals surface area (Å²) in [5, 5.41) is 87.2. The maximum atomic E-state index is 13.3. The van der Waals surface area contributed by atoms with Gasteiger partial charge >= 0.3 is 0 Å². The van der Waals surface area contributed by atoms with Crippen molar-refractivity contribution in [2.45, 2.75) is 286 Å². The fourth-order valence-corrected chi connectivity index (χ4v) is 9.71. The van der Waals surface area contributed by atoms with Crippen molar-refractivity contribution in [2.75, 3.05) is 19.8 Å². The summed E-state index contributed by atoms with van der Waals surface area (Å²) in [6, 6.07) is -0.954. The van der Waals surface area contributed by atoms with Gasteiger partial charge in [-0.05, 0) is 103 Å². The summed E-state index contributed by atoms with van der Waals surface area (Å²) in [6.07, 6.45) is 59.5. The molecule has 2 fully saturated rings. The highest BCUT2D eigenvalue weighted by Gasteiger charge is 2.51. The lowest BCUT2D eigenvalue weighted by Crippen LogP contribution is -2.65. The van der Waals surface area contributed by atoms with Gasteiger partial charge in [-0.1, -0.05) is 225 Å². The zero-order valence-electron chi connectivity index (χ0n) is 51.1. The van der Waals surface area contributed by atoms with Crippen LogP contribution in [0.25, 0.3) is 0 Å². The molecule has 12 atom stereocenters. The molecule has 9 N–H and O–H groups in total. The molecule has 14 heteroatoms. The average Bonchev–Trinajstić information content (AvgIpc) is 3.65. The number of aliphatic hydroxyl groups is 8. The summed E-state index contributed by atoms with van der Waals surface area (Å²) in [7, 11) is 0. The molecule has 1 amide bonds. The number of ether oxygens (including phenoxy) is 4. The largest absolute Gasteiger partial charge is 0.394 e. The van der Waals surface area contributed by atoms with Crippen LogP contribution in [0.2, 0.25) is 0 Å². The van der Waals surface area contributed by atoms with E-state index in [1.54, 1.807) is 6.08 Å². The van der Waals surface area contributed by atoms with E-state index in [9.17, 15) is 45.6 Å². The standard InChI is InChI=1S/C69H115NO13/c1-3-5-7-9-11-13-15-17-19-21-23-25-26-27-28-29-30-31-32-33-35-37-39-41-43-45-47-49-51-53-61(74)70-57(58(73)52-50-48-46-44-42-40-38-36-34-24-22-20-18-16-14-12-10-8-6-4-2)56-80-68-66(79)64(77)67(60(55-72)82-68)83-69-65(78)63(76)62(75)59(54-71)81-69/h5,7,11,13,17,19,23,25,27-28,30-31,33-36,42,44,50,52,57-60,62-69,71-73,75-79H,3-4,6,8-10,12,14-16,18,20-22,24,26,29,32,37-41,43,45-49,51,53-56H2,1-2H3,(H,70,74)/b7-5-,13-11-,19-17-,25-23-,28-27-,31-30-,35-33-,36-34+,44-42+,52-50+. The third-order valence-corrected chi connectivity index (χ3v) is 14.9. The highest BCUT2D eigenvalue weighted by atomic mass is 16.7. The van der Waals surface area contributed by atoms with Crippen LogP contribution >= 0.6 is 0 Å². The second-order valence-corrected chi connectivity index (χ2v) is 22.1. The van der Waals surface area contributed by atoms with Gasteiger partial charge < -0.3 is 65.1 Å². The highest BCUT2D eigenvalue weighted by molar-refractivity contribution is 5.76. The van der Waals surface area contributed by atoms with Crippen LogP contribution in [-0.4, -0.2) is 140 Å². The van der Waals surface area contributed by atoms with E-state index in [-0.39, 0.29) is 18.9 Å². The molecule has 0 spiro atoms. The first kappa shape index (κ1) is 75.5. The quantitative estimate of drug-likeness (QED) is 0.0204. The third kappa shape index (κ3) is 37.5. The molecular weight excluding hydrogens is 1050 g/mol. The number of allylic oxidation sites excluding steroid dienone is 19. The molecule has 2 aliphatic heterocycles. The van der Waals surface area contributed by atoms with Crippen LogP contribution in [0.15, 0.2) is 122 Å².